The first-order valence-electron chi connectivity index (χ1n) is 8.80. The second-order valence-corrected chi connectivity index (χ2v) is 8.21. The Hall–Kier alpha value is -1.84. The molecule has 2 heterocycles. The lowest BCUT2D eigenvalue weighted by Crippen LogP contribution is -2.60. The van der Waals surface area contributed by atoms with Gasteiger partial charge in [0.25, 0.3) is 0 Å². The summed E-state index contributed by atoms with van der Waals surface area (Å²) in [6.45, 7) is 6.33. The van der Waals surface area contributed by atoms with Crippen LogP contribution in [0.15, 0.2) is 34.7 Å². The van der Waals surface area contributed by atoms with E-state index in [2.05, 4.69) is 13.8 Å². The van der Waals surface area contributed by atoms with Gasteiger partial charge in [-0.2, -0.15) is 0 Å². The van der Waals surface area contributed by atoms with Gasteiger partial charge in [0.2, 0.25) is 0 Å². The maximum absolute atomic E-state index is 12.7. The molecule has 4 unspecified atom stereocenters. The molecule has 4 atom stereocenters. The summed E-state index contributed by atoms with van der Waals surface area (Å²) in [6.07, 6.45) is 9.01. The normalized spacial score (nSPS) is 41.0. The van der Waals surface area contributed by atoms with E-state index < -0.39 is 16.9 Å². The Balaban J connectivity index is 1.76. The third-order valence-corrected chi connectivity index (χ3v) is 7.39. The monoisotopic (exact) mass is 328 g/mol. The predicted molar refractivity (Wildman–Crippen MR) is 88.2 cm³/mol. The molecule has 128 valence electrons. The van der Waals surface area contributed by atoms with Crippen molar-refractivity contribution in [1.82, 2.24) is 0 Å². The van der Waals surface area contributed by atoms with Crippen molar-refractivity contribution < 1.29 is 18.7 Å². The molecule has 1 aliphatic heterocycles. The first kappa shape index (κ1) is 15.7. The SMILES string of the molecule is CC12CCCC3(C)C(CCc4ccoc4)=CC(=O)C(OC1=O)C23C. The van der Waals surface area contributed by atoms with E-state index in [-0.39, 0.29) is 17.2 Å². The number of aryl methyl sites for hydroxylation is 1. The van der Waals surface area contributed by atoms with Gasteiger partial charge >= 0.3 is 5.97 Å². The summed E-state index contributed by atoms with van der Waals surface area (Å²) in [6, 6.07) is 1.96. The Morgan fingerprint density at radius 3 is 2.58 bits per heavy atom. The van der Waals surface area contributed by atoms with Crippen molar-refractivity contribution in [3.05, 3.63) is 35.8 Å². The van der Waals surface area contributed by atoms with Crippen LogP contribution in [0.3, 0.4) is 0 Å². The van der Waals surface area contributed by atoms with Crippen LogP contribution in [0.5, 0.6) is 0 Å². The van der Waals surface area contributed by atoms with Gasteiger partial charge in [-0.05, 0) is 55.7 Å². The first-order chi connectivity index (χ1) is 11.3. The molecule has 3 aliphatic rings. The minimum atomic E-state index is -0.627. The van der Waals surface area contributed by atoms with Gasteiger partial charge < -0.3 is 9.15 Å². The number of carbonyl (C=O) groups excluding carboxylic acids is 2. The molecule has 24 heavy (non-hydrogen) atoms. The van der Waals surface area contributed by atoms with Crippen LogP contribution in [0.1, 0.15) is 52.0 Å². The molecule has 0 N–H and O–H groups in total. The molecule has 0 aromatic carbocycles. The highest BCUT2D eigenvalue weighted by Crippen LogP contribution is 2.70. The van der Waals surface area contributed by atoms with E-state index in [0.29, 0.717) is 0 Å². The van der Waals surface area contributed by atoms with Crippen LogP contribution in [0, 0.1) is 16.2 Å². The van der Waals surface area contributed by atoms with Gasteiger partial charge in [-0.3, -0.25) is 9.59 Å². The zero-order valence-electron chi connectivity index (χ0n) is 14.6. The number of hydrogen-bond acceptors (Lipinski definition) is 4. The summed E-state index contributed by atoms with van der Waals surface area (Å²) in [4.78, 5) is 25.3. The van der Waals surface area contributed by atoms with Crippen LogP contribution >= 0.6 is 0 Å². The highest BCUT2D eigenvalue weighted by Gasteiger charge is 2.73. The average molecular weight is 328 g/mol. The molecule has 4 heteroatoms. The molecule has 2 aliphatic carbocycles. The van der Waals surface area contributed by atoms with E-state index in [1.807, 2.05) is 13.0 Å². The summed E-state index contributed by atoms with van der Waals surface area (Å²) in [5.74, 6) is -0.241. The van der Waals surface area contributed by atoms with Gasteiger partial charge in [0.1, 0.15) is 0 Å². The topological polar surface area (TPSA) is 56.5 Å². The number of hydrogen-bond donors (Lipinski definition) is 0. The second kappa shape index (κ2) is 4.84. The fourth-order valence-corrected chi connectivity index (χ4v) is 5.48. The van der Waals surface area contributed by atoms with Crippen LogP contribution in [0.25, 0.3) is 0 Å². The van der Waals surface area contributed by atoms with E-state index in [0.717, 1.165) is 43.2 Å². The quantitative estimate of drug-likeness (QED) is 0.791. The Morgan fingerprint density at radius 2 is 1.88 bits per heavy atom. The highest BCUT2D eigenvalue weighted by atomic mass is 16.6. The molecule has 2 fully saturated rings. The fourth-order valence-electron chi connectivity index (χ4n) is 5.48. The van der Waals surface area contributed by atoms with Crippen molar-refractivity contribution in [1.29, 1.82) is 0 Å². The van der Waals surface area contributed by atoms with Gasteiger partial charge in [-0.25, -0.2) is 0 Å². The van der Waals surface area contributed by atoms with Crippen molar-refractivity contribution in [2.75, 3.05) is 0 Å². The van der Waals surface area contributed by atoms with Crippen LogP contribution in [-0.4, -0.2) is 17.9 Å². The Labute approximate surface area is 142 Å². The highest BCUT2D eigenvalue weighted by molar-refractivity contribution is 6.01. The molecule has 4 rings (SSSR count). The summed E-state index contributed by atoms with van der Waals surface area (Å²) in [5, 5.41) is 0. The molecule has 1 aromatic heterocycles. The Kier molecular flexibility index (Phi) is 3.16. The van der Waals surface area contributed by atoms with Gasteiger partial charge in [0.05, 0.1) is 17.9 Å². The van der Waals surface area contributed by atoms with Gasteiger partial charge in [0, 0.05) is 5.41 Å². The Morgan fingerprint density at radius 1 is 1.12 bits per heavy atom. The molecular weight excluding hydrogens is 304 g/mol. The van der Waals surface area contributed by atoms with E-state index in [9.17, 15) is 9.59 Å². The van der Waals surface area contributed by atoms with Crippen LogP contribution in [0.4, 0.5) is 0 Å². The lowest BCUT2D eigenvalue weighted by atomic mass is 9.42. The lowest BCUT2D eigenvalue weighted by molar-refractivity contribution is -0.151. The molecule has 0 amide bonds. The second-order valence-electron chi connectivity index (χ2n) is 8.21. The molecule has 0 spiro atoms. The first-order valence-corrected chi connectivity index (χ1v) is 8.80. The average Bonchev–Trinajstić information content (AvgIpc) is 3.12. The summed E-state index contributed by atoms with van der Waals surface area (Å²) in [7, 11) is 0. The molecular formula is C20H24O4. The third-order valence-electron chi connectivity index (χ3n) is 7.39. The minimum absolute atomic E-state index is 0.0452. The lowest BCUT2D eigenvalue weighted by Gasteiger charge is -2.58. The van der Waals surface area contributed by atoms with Gasteiger partial charge in [0.15, 0.2) is 11.9 Å². The number of esters is 1. The van der Waals surface area contributed by atoms with Crippen LogP contribution < -0.4 is 0 Å². The summed E-state index contributed by atoms with van der Waals surface area (Å²) < 4.78 is 10.8. The van der Waals surface area contributed by atoms with E-state index in [1.54, 1.807) is 18.6 Å². The van der Waals surface area contributed by atoms with Crippen LogP contribution in [0.2, 0.25) is 0 Å². The van der Waals surface area contributed by atoms with Gasteiger partial charge in [-0.15, -0.1) is 0 Å². The fraction of sp³-hybridized carbons (Fsp3) is 0.600. The molecule has 1 saturated heterocycles. The van der Waals surface area contributed by atoms with Crippen molar-refractivity contribution in [2.45, 2.75) is 59.0 Å². The molecule has 1 aromatic rings. The maximum atomic E-state index is 12.7. The third kappa shape index (κ3) is 1.69. The number of rotatable bonds is 3. The smallest absolute Gasteiger partial charge is 0.313 e. The van der Waals surface area contributed by atoms with Crippen LogP contribution in [-0.2, 0) is 20.7 Å². The molecule has 0 radical (unpaired) electrons. The number of carbonyl (C=O) groups is 2. The van der Waals surface area contributed by atoms with Crippen molar-refractivity contribution in [3.63, 3.8) is 0 Å². The largest absolute Gasteiger partial charge is 0.472 e. The number of allylic oxidation sites excluding steroid dienone is 1. The molecule has 1 saturated carbocycles. The minimum Gasteiger partial charge on any atom is -0.472 e. The van der Waals surface area contributed by atoms with E-state index in [1.165, 1.54) is 0 Å². The van der Waals surface area contributed by atoms with Crippen molar-refractivity contribution in [2.24, 2.45) is 16.2 Å². The standard InChI is InChI=1S/C20H24O4/c1-18-8-4-9-19(2)17(22)24-16(20(18,19)3)15(21)11-14(18)6-5-13-7-10-23-12-13/h7,10-12,16H,4-6,8-9H2,1-3H3. The van der Waals surface area contributed by atoms with E-state index >= 15 is 0 Å². The molecule has 4 nitrogen and oxygen atoms in total. The van der Waals surface area contributed by atoms with Crippen molar-refractivity contribution in [3.8, 4) is 0 Å². The molecule has 0 bridgehead atoms. The Bertz CT molecular complexity index is 731. The number of furan rings is 1. The zero-order chi connectivity index (χ0) is 17.2. The van der Waals surface area contributed by atoms with Gasteiger partial charge in [-0.1, -0.05) is 25.8 Å². The maximum Gasteiger partial charge on any atom is 0.313 e. The summed E-state index contributed by atoms with van der Waals surface area (Å²) in [5.41, 5.74) is 1.07. The zero-order valence-corrected chi connectivity index (χ0v) is 14.6. The number of ketones is 1. The summed E-state index contributed by atoms with van der Waals surface area (Å²) >= 11 is 0. The van der Waals surface area contributed by atoms with Crippen molar-refractivity contribution >= 4 is 11.8 Å². The predicted octanol–water partition coefficient (Wildman–Crippen LogP) is 3.85. The number of ether oxygens (including phenoxy) is 1. The van der Waals surface area contributed by atoms with E-state index in [4.69, 9.17) is 9.15 Å².